The van der Waals surface area contributed by atoms with Gasteiger partial charge in [0.1, 0.15) is 29.4 Å². The van der Waals surface area contributed by atoms with E-state index in [0.717, 1.165) is 46.6 Å². The third kappa shape index (κ3) is 2.40. The molecule has 9 aliphatic rings. The minimum absolute atomic E-state index is 0.0553. The molecule has 0 N–H and O–H groups in total. The Morgan fingerprint density at radius 2 is 1.63 bits per heavy atom. The van der Waals surface area contributed by atoms with Gasteiger partial charge in [0.25, 0.3) is 0 Å². The molecule has 6 aliphatic heterocycles. The predicted octanol–water partition coefficient (Wildman–Crippen LogP) is 7.19. The van der Waals surface area contributed by atoms with Crippen LogP contribution in [0.3, 0.4) is 0 Å². The number of nitrogens with zero attached hydrogens (tertiary/aromatic N) is 3. The Morgan fingerprint density at radius 1 is 0.767 bits per heavy atom. The molecule has 6 heterocycles. The zero-order valence-electron chi connectivity index (χ0n) is 22.9. The Morgan fingerprint density at radius 3 is 2.56 bits per heavy atom. The van der Waals surface area contributed by atoms with Gasteiger partial charge in [-0.15, -0.1) is 0 Å². The molecule has 43 heavy (non-hydrogen) atoms. The van der Waals surface area contributed by atoms with Gasteiger partial charge in [0, 0.05) is 16.3 Å². The third-order valence-electron chi connectivity index (χ3n) is 10.4. The minimum Gasteiger partial charge on any atom is -0.482 e. The van der Waals surface area contributed by atoms with E-state index in [1.54, 1.807) is 0 Å². The average Bonchev–Trinajstić information content (AvgIpc) is 3.06. The molecule has 6 atom stereocenters. The van der Waals surface area contributed by atoms with Gasteiger partial charge in [-0.3, -0.25) is 0 Å². The first-order chi connectivity index (χ1) is 21.3. The maximum absolute atomic E-state index is 6.79. The van der Waals surface area contributed by atoms with Crippen molar-refractivity contribution in [1.29, 1.82) is 0 Å². The lowest BCUT2D eigenvalue weighted by Crippen LogP contribution is -2.62. The lowest BCUT2D eigenvalue weighted by molar-refractivity contribution is 0.159. The molecule has 0 radical (unpaired) electrons. The van der Waals surface area contributed by atoms with Crippen molar-refractivity contribution in [3.05, 3.63) is 131 Å². The molecule has 0 spiro atoms. The Bertz CT molecular complexity index is 2070. The van der Waals surface area contributed by atoms with Crippen molar-refractivity contribution in [2.24, 2.45) is 0 Å². The van der Waals surface area contributed by atoms with Crippen LogP contribution in [0.2, 0.25) is 0 Å². The molecule has 0 amide bonds. The number of fused-ring (bicyclic) bond motifs is 9. The van der Waals surface area contributed by atoms with E-state index in [4.69, 9.17) is 14.2 Å². The first kappa shape index (κ1) is 21.9. The molecule has 3 aliphatic carbocycles. The van der Waals surface area contributed by atoms with Crippen LogP contribution < -0.4 is 24.6 Å². The summed E-state index contributed by atoms with van der Waals surface area (Å²) in [6.07, 6.45) is 16.7. The van der Waals surface area contributed by atoms with Crippen LogP contribution in [0.1, 0.15) is 6.42 Å². The number of hydrogen-bond donors (Lipinski definition) is 0. The van der Waals surface area contributed by atoms with Crippen molar-refractivity contribution in [2.45, 2.75) is 36.3 Å². The van der Waals surface area contributed by atoms with Gasteiger partial charge in [-0.1, -0.05) is 42.5 Å². The number of para-hydroxylation sites is 4. The monoisotopic (exact) mass is 577 g/mol. The van der Waals surface area contributed by atoms with E-state index < -0.39 is 7.92 Å². The minimum atomic E-state index is -0.775. The number of hydrogen-bond acceptors (Lipinski definition) is 6. The van der Waals surface area contributed by atoms with Crippen molar-refractivity contribution < 1.29 is 14.2 Å². The largest absolute Gasteiger partial charge is 0.482 e. The van der Waals surface area contributed by atoms with Crippen molar-refractivity contribution >= 4 is 36.0 Å². The van der Waals surface area contributed by atoms with E-state index in [9.17, 15) is 0 Å². The lowest BCUT2D eigenvalue weighted by atomic mass is 9.89. The molecule has 6 unspecified atom stereocenters. The second-order valence-electron chi connectivity index (χ2n) is 12.3. The quantitative estimate of drug-likeness (QED) is 0.263. The normalized spacial score (nSPS) is 31.3. The van der Waals surface area contributed by atoms with Crippen LogP contribution in [0.15, 0.2) is 131 Å². The zero-order chi connectivity index (χ0) is 27.6. The van der Waals surface area contributed by atoms with Crippen LogP contribution in [0, 0.1) is 0 Å². The number of anilines is 4. The van der Waals surface area contributed by atoms with Gasteiger partial charge in [-0.05, 0) is 75.0 Å². The summed E-state index contributed by atoms with van der Waals surface area (Å²) >= 11 is 0. The summed E-state index contributed by atoms with van der Waals surface area (Å²) in [6.45, 7) is 0. The summed E-state index contributed by atoms with van der Waals surface area (Å²) in [7, 11) is -0.775. The van der Waals surface area contributed by atoms with Crippen molar-refractivity contribution in [3.8, 4) is 17.2 Å². The van der Waals surface area contributed by atoms with Crippen molar-refractivity contribution in [2.75, 3.05) is 9.80 Å². The molecule has 206 valence electrons. The fraction of sp³-hybridized carbons (Fsp3) is 0.167. The summed E-state index contributed by atoms with van der Waals surface area (Å²) in [5, 5.41) is 2.95. The lowest BCUT2D eigenvalue weighted by Gasteiger charge is -2.63. The second-order valence-corrected chi connectivity index (χ2v) is 14.6. The van der Waals surface area contributed by atoms with Crippen LogP contribution in [0.4, 0.5) is 22.7 Å². The van der Waals surface area contributed by atoms with Gasteiger partial charge in [-0.2, -0.15) is 0 Å². The molecule has 7 heteroatoms. The van der Waals surface area contributed by atoms with E-state index in [1.807, 2.05) is 0 Å². The zero-order valence-corrected chi connectivity index (χ0v) is 23.8. The second kappa shape index (κ2) is 7.27. The van der Waals surface area contributed by atoms with Crippen molar-refractivity contribution in [3.63, 3.8) is 0 Å². The number of allylic oxidation sites excluding steroid dienone is 4. The van der Waals surface area contributed by atoms with E-state index >= 15 is 0 Å². The highest BCUT2D eigenvalue weighted by Gasteiger charge is 2.62. The smallest absolute Gasteiger partial charge is 0.152 e. The summed E-state index contributed by atoms with van der Waals surface area (Å²) in [6, 6.07) is 21.9. The van der Waals surface area contributed by atoms with E-state index in [-0.39, 0.29) is 29.9 Å². The van der Waals surface area contributed by atoms with Crippen LogP contribution in [0.5, 0.6) is 17.2 Å². The highest BCUT2D eigenvalue weighted by Crippen LogP contribution is 2.73. The molecular weight excluding hydrogens is 553 g/mol. The molecule has 0 aromatic heterocycles. The Kier molecular flexibility index (Phi) is 3.71. The molecule has 0 saturated carbocycles. The average molecular weight is 578 g/mol. The molecule has 12 rings (SSSR count). The van der Waals surface area contributed by atoms with Gasteiger partial charge in [0.05, 0.1) is 46.2 Å². The SMILES string of the molecule is C1=CCC2C(=C1)OC1=C3C4C(C=C1)N1c5ccccc5Oc5ccc6c(c51)P4C1=C(C=CC4Oc5ccccc5N6C14)N32. The molecule has 0 saturated heterocycles. The molecule has 6 nitrogen and oxygen atoms in total. The van der Waals surface area contributed by atoms with Gasteiger partial charge >= 0.3 is 0 Å². The highest BCUT2D eigenvalue weighted by atomic mass is 31.1. The summed E-state index contributed by atoms with van der Waals surface area (Å²) in [5.41, 5.74) is 7.70. The van der Waals surface area contributed by atoms with Gasteiger partial charge in [-0.25, -0.2) is 0 Å². The first-order valence-corrected chi connectivity index (χ1v) is 16.5. The van der Waals surface area contributed by atoms with Gasteiger partial charge in [0.15, 0.2) is 11.5 Å². The van der Waals surface area contributed by atoms with E-state index in [1.165, 1.54) is 33.4 Å². The van der Waals surface area contributed by atoms with Crippen LogP contribution in [0.25, 0.3) is 0 Å². The number of rotatable bonds is 0. The Labute approximate surface area is 249 Å². The molecule has 0 fully saturated rings. The molecule has 3 aromatic carbocycles. The maximum atomic E-state index is 6.79. The molecule has 3 aromatic rings. The fourth-order valence-electron chi connectivity index (χ4n) is 8.91. The van der Waals surface area contributed by atoms with E-state index in [0.29, 0.717) is 0 Å². The first-order valence-electron chi connectivity index (χ1n) is 15.1. The Hall–Kier alpha value is -4.67. The van der Waals surface area contributed by atoms with Crippen molar-refractivity contribution in [1.82, 2.24) is 4.90 Å². The van der Waals surface area contributed by atoms with Gasteiger partial charge in [0.2, 0.25) is 0 Å². The fourth-order valence-corrected chi connectivity index (χ4v) is 12.6. The molecular formula is C36H24N3O3P. The van der Waals surface area contributed by atoms with Crippen LogP contribution in [-0.2, 0) is 4.74 Å². The summed E-state index contributed by atoms with van der Waals surface area (Å²) in [5.74, 6) is 4.83. The number of ether oxygens (including phenoxy) is 3. The summed E-state index contributed by atoms with van der Waals surface area (Å²) in [4.78, 5) is 7.82. The third-order valence-corrected chi connectivity index (χ3v) is 13.5. The van der Waals surface area contributed by atoms with Gasteiger partial charge < -0.3 is 28.9 Å². The van der Waals surface area contributed by atoms with Crippen LogP contribution >= 0.6 is 7.92 Å². The summed E-state index contributed by atoms with van der Waals surface area (Å²) < 4.78 is 20.2. The van der Waals surface area contributed by atoms with Crippen LogP contribution in [-0.4, -0.2) is 34.8 Å². The molecule has 0 bridgehead atoms. The maximum Gasteiger partial charge on any atom is 0.152 e. The van der Waals surface area contributed by atoms with E-state index in [2.05, 4.69) is 118 Å². The predicted molar refractivity (Wildman–Crippen MR) is 167 cm³/mol. The standard InChI is InChI=1S/C36H24N3O3P/c1-4-10-25-19(7-1)37-22-13-16-29-32-34(22)43-35-23(14-17-28(40-25)31(35)37)38-20-8-2-5-11-26(20)42-30-18-15-24(36(43)33(30)38)39(32)21-9-3-6-12-27(21)41-29/h1-8,10-18,21-22,30,33-34H,9H2. The topological polar surface area (TPSA) is 37.4 Å². The number of benzene rings is 3. The highest BCUT2D eigenvalue weighted by molar-refractivity contribution is 7.72. The Balaban J connectivity index is 1.24.